The van der Waals surface area contributed by atoms with E-state index in [1.54, 1.807) is 6.07 Å². The molecule has 0 bridgehead atoms. The van der Waals surface area contributed by atoms with Crippen molar-refractivity contribution in [1.82, 2.24) is 4.98 Å². The van der Waals surface area contributed by atoms with E-state index in [9.17, 15) is 18.0 Å². The van der Waals surface area contributed by atoms with Crippen molar-refractivity contribution in [2.24, 2.45) is 5.92 Å². The van der Waals surface area contributed by atoms with Crippen LogP contribution in [-0.2, 0) is 24.9 Å². The van der Waals surface area contributed by atoms with Crippen molar-refractivity contribution in [3.05, 3.63) is 114 Å². The van der Waals surface area contributed by atoms with Gasteiger partial charge in [-0.15, -0.1) is 17.7 Å². The molecule has 2 heterocycles. The van der Waals surface area contributed by atoms with Crippen LogP contribution in [0.15, 0.2) is 101 Å². The fraction of sp³-hybridized carbons (Fsp3) is 0.184. The Labute approximate surface area is 291 Å². The van der Waals surface area contributed by atoms with Gasteiger partial charge in [0, 0.05) is 32.1 Å². The quantitative estimate of drug-likeness (QED) is 0.0813. The average Bonchev–Trinajstić information content (AvgIpc) is 3.40. The normalized spacial score (nSPS) is 12.0. The first-order chi connectivity index (χ1) is 22.1. The minimum Gasteiger partial charge on any atom is -0.504 e. The Balaban J connectivity index is 0.000000345. The SMILES string of the molecule is CC(C)C(=O)/C=C(\O)C(F)(F)F.[C-]#[N+]c1ccc2c(c1)oc1cc(-c3ccc4ccc(-c5ccc([Si](C)(C)C)cc5)cc4n3)[c-]cc12.[Ir]. The Kier molecular flexibility index (Phi) is 10.8. The van der Waals surface area contributed by atoms with E-state index in [0.29, 0.717) is 5.69 Å². The third kappa shape index (κ3) is 8.11. The standard InChI is InChI=1S/C31H23N2OSi.C7H9F3O2.Ir/c1-32-24-11-15-27-26-14-9-23(18-30(26)34-31(27)19-24)28-16-10-21-5-6-22(17-29(21)33-28)20-7-12-25(13-8-20)35(2,3)4;1-4(2)5(11)3-6(12)7(8,9)10;/h5-8,10-19H,2-4H3;3-4,12H,1-2H3;/q-1;;/b;6-3-;. The number of benzene rings is 4. The van der Waals surface area contributed by atoms with Gasteiger partial charge in [0.1, 0.15) is 5.58 Å². The summed E-state index contributed by atoms with van der Waals surface area (Å²) < 4.78 is 40.9. The van der Waals surface area contributed by atoms with Gasteiger partial charge in [0.2, 0.25) is 5.76 Å². The Morgan fingerprint density at radius 1 is 0.938 bits per heavy atom. The Morgan fingerprint density at radius 2 is 1.58 bits per heavy atom. The zero-order valence-electron chi connectivity index (χ0n) is 26.9. The Hall–Kier alpha value is -4.55. The molecule has 1 radical (unpaired) electrons. The molecule has 0 fully saturated rings. The van der Waals surface area contributed by atoms with E-state index in [0.717, 1.165) is 49.7 Å². The van der Waals surface area contributed by atoms with Crippen molar-refractivity contribution in [2.75, 3.05) is 0 Å². The molecule has 6 rings (SSSR count). The third-order valence-corrected chi connectivity index (χ3v) is 9.77. The third-order valence-electron chi connectivity index (χ3n) is 7.71. The first-order valence-electron chi connectivity index (χ1n) is 14.9. The summed E-state index contributed by atoms with van der Waals surface area (Å²) in [5.74, 6) is -3.14. The number of carbonyl (C=O) groups excluding carboxylic acids is 1. The average molecular weight is 842 g/mol. The van der Waals surface area contributed by atoms with Gasteiger partial charge in [-0.05, 0) is 39.7 Å². The molecule has 0 saturated carbocycles. The summed E-state index contributed by atoms with van der Waals surface area (Å²) in [7, 11) is -1.32. The number of nitrogens with zero attached hydrogens (tertiary/aromatic N) is 2. The molecule has 0 aliphatic heterocycles. The number of aromatic nitrogens is 1. The topological polar surface area (TPSA) is 67.7 Å². The van der Waals surface area contributed by atoms with Crippen LogP contribution in [0.3, 0.4) is 0 Å². The number of alkyl halides is 3. The summed E-state index contributed by atoms with van der Waals surface area (Å²) in [6.07, 6.45) is -4.63. The van der Waals surface area contributed by atoms with Crippen molar-refractivity contribution in [2.45, 2.75) is 39.7 Å². The molecule has 0 unspecified atom stereocenters. The van der Waals surface area contributed by atoms with E-state index >= 15 is 0 Å². The van der Waals surface area contributed by atoms with Crippen molar-refractivity contribution >= 4 is 57.6 Å². The van der Waals surface area contributed by atoms with Gasteiger partial charge >= 0.3 is 6.18 Å². The summed E-state index contributed by atoms with van der Waals surface area (Å²) in [5.41, 5.74) is 7.12. The number of fused-ring (bicyclic) bond motifs is 4. The largest absolute Gasteiger partial charge is 0.504 e. The molecule has 0 atom stereocenters. The van der Waals surface area contributed by atoms with Gasteiger partial charge in [-0.25, -0.2) is 4.85 Å². The van der Waals surface area contributed by atoms with Crippen LogP contribution in [0, 0.1) is 18.6 Å². The predicted octanol–water partition coefficient (Wildman–Crippen LogP) is 10.6. The number of rotatable bonds is 5. The number of allylic oxidation sites excluding steroid dienone is 2. The number of hydrogen-bond donors (Lipinski definition) is 1. The smallest absolute Gasteiger partial charge is 0.448 e. The number of furan rings is 1. The minimum atomic E-state index is -4.83. The number of hydrogen-bond acceptors (Lipinski definition) is 4. The molecule has 0 saturated heterocycles. The maximum absolute atomic E-state index is 11.6. The Morgan fingerprint density at radius 3 is 2.21 bits per heavy atom. The van der Waals surface area contributed by atoms with Gasteiger partial charge in [0.15, 0.2) is 11.5 Å². The van der Waals surface area contributed by atoms with E-state index in [1.165, 1.54) is 24.6 Å². The molecule has 4 aromatic carbocycles. The molecule has 5 nitrogen and oxygen atoms in total. The van der Waals surface area contributed by atoms with Gasteiger partial charge in [-0.1, -0.05) is 111 Å². The minimum absolute atomic E-state index is 0. The maximum atomic E-state index is 11.6. The summed E-state index contributed by atoms with van der Waals surface area (Å²) in [6.45, 7) is 17.2. The van der Waals surface area contributed by atoms with Gasteiger partial charge in [-0.3, -0.25) is 9.78 Å². The van der Waals surface area contributed by atoms with Crippen LogP contribution in [0.1, 0.15) is 13.8 Å². The van der Waals surface area contributed by atoms with E-state index in [4.69, 9.17) is 21.1 Å². The van der Waals surface area contributed by atoms with Crippen LogP contribution in [0.25, 0.3) is 60.1 Å². The number of aliphatic hydroxyl groups is 1. The van der Waals surface area contributed by atoms with E-state index in [1.807, 2.05) is 30.3 Å². The number of halogens is 3. The molecular weight excluding hydrogens is 810 g/mol. The van der Waals surface area contributed by atoms with Crippen LogP contribution < -0.4 is 5.19 Å². The second-order valence-electron chi connectivity index (χ2n) is 12.5. The molecule has 6 aromatic rings. The van der Waals surface area contributed by atoms with Crippen molar-refractivity contribution in [3.63, 3.8) is 0 Å². The summed E-state index contributed by atoms with van der Waals surface area (Å²) in [5, 5.41) is 12.9. The van der Waals surface area contributed by atoms with Crippen LogP contribution in [0.5, 0.6) is 0 Å². The zero-order chi connectivity index (χ0) is 34.1. The first-order valence-corrected chi connectivity index (χ1v) is 18.4. The molecule has 2 aromatic heterocycles. The Bertz CT molecular complexity index is 2190. The van der Waals surface area contributed by atoms with E-state index in [-0.39, 0.29) is 26.2 Å². The molecule has 0 aliphatic rings. The first kappa shape index (κ1) is 36.3. The van der Waals surface area contributed by atoms with Crippen LogP contribution in [0.4, 0.5) is 18.9 Å². The van der Waals surface area contributed by atoms with Crippen molar-refractivity contribution < 1.29 is 47.6 Å². The summed E-state index contributed by atoms with van der Waals surface area (Å²) in [6, 6.07) is 32.5. The van der Waals surface area contributed by atoms with E-state index < -0.39 is 31.7 Å². The monoisotopic (exact) mass is 842 g/mol. The second kappa shape index (κ2) is 14.3. The van der Waals surface area contributed by atoms with Gasteiger partial charge < -0.3 is 9.52 Å². The molecule has 1 N–H and O–H groups in total. The molecule has 0 amide bonds. The second-order valence-corrected chi connectivity index (χ2v) is 17.6. The number of aliphatic hydroxyl groups excluding tert-OH is 1. The fourth-order valence-corrected chi connectivity index (χ4v) is 6.08. The van der Waals surface area contributed by atoms with E-state index in [2.05, 4.69) is 79.1 Å². The van der Waals surface area contributed by atoms with Crippen LogP contribution in [-0.4, -0.2) is 30.1 Å². The zero-order valence-corrected chi connectivity index (χ0v) is 30.3. The molecule has 0 aliphatic carbocycles. The van der Waals surface area contributed by atoms with Crippen LogP contribution >= 0.6 is 0 Å². The number of carbonyl (C=O) groups is 1. The molecule has 247 valence electrons. The number of pyridine rings is 1. The fourth-order valence-electron chi connectivity index (χ4n) is 4.91. The van der Waals surface area contributed by atoms with Crippen molar-refractivity contribution in [1.29, 1.82) is 0 Å². The van der Waals surface area contributed by atoms with Gasteiger partial charge in [-0.2, -0.15) is 13.2 Å². The molecule has 0 spiro atoms. The van der Waals surface area contributed by atoms with Crippen LogP contribution in [0.2, 0.25) is 19.6 Å². The summed E-state index contributed by atoms with van der Waals surface area (Å²) in [4.78, 5) is 19.1. The van der Waals surface area contributed by atoms with Gasteiger partial charge in [0.05, 0.1) is 25.7 Å². The predicted molar refractivity (Wildman–Crippen MR) is 185 cm³/mol. The van der Waals surface area contributed by atoms with Crippen molar-refractivity contribution in [3.8, 4) is 22.4 Å². The molecule has 48 heavy (non-hydrogen) atoms. The molecule has 10 heteroatoms. The maximum Gasteiger partial charge on any atom is 0.448 e. The number of ketones is 1. The summed E-state index contributed by atoms with van der Waals surface area (Å²) >= 11 is 0. The molecular formula is C38H32F3IrN2O3Si-. The van der Waals surface area contributed by atoms with Gasteiger partial charge in [0.25, 0.3) is 0 Å².